The van der Waals surface area contributed by atoms with E-state index < -0.39 is 10.0 Å². The van der Waals surface area contributed by atoms with Crippen molar-refractivity contribution in [1.82, 2.24) is 9.62 Å². The van der Waals surface area contributed by atoms with Gasteiger partial charge in [0.25, 0.3) is 0 Å². The van der Waals surface area contributed by atoms with Gasteiger partial charge >= 0.3 is 0 Å². The van der Waals surface area contributed by atoms with Gasteiger partial charge in [0.1, 0.15) is 0 Å². The first-order valence-electron chi connectivity index (χ1n) is 6.83. The van der Waals surface area contributed by atoms with E-state index in [9.17, 15) is 8.42 Å². The zero-order valence-corrected chi connectivity index (χ0v) is 12.1. The summed E-state index contributed by atoms with van der Waals surface area (Å²) in [5, 5.41) is 8.61. The van der Waals surface area contributed by atoms with E-state index in [0.29, 0.717) is 25.4 Å². The molecular weight excluding hydrogens is 252 g/mol. The minimum atomic E-state index is -3.16. The van der Waals surface area contributed by atoms with Gasteiger partial charge in [-0.25, -0.2) is 13.1 Å². The van der Waals surface area contributed by atoms with Crippen LogP contribution < -0.4 is 4.72 Å². The molecule has 0 spiro atoms. The van der Waals surface area contributed by atoms with E-state index in [-0.39, 0.29) is 12.4 Å². The molecule has 18 heavy (non-hydrogen) atoms. The highest BCUT2D eigenvalue weighted by Crippen LogP contribution is 2.21. The van der Waals surface area contributed by atoms with E-state index in [4.69, 9.17) is 5.11 Å². The predicted molar refractivity (Wildman–Crippen MR) is 73.0 cm³/mol. The Labute approximate surface area is 111 Å². The van der Waals surface area contributed by atoms with Gasteiger partial charge < -0.3 is 10.0 Å². The van der Waals surface area contributed by atoms with Crippen molar-refractivity contribution in [3.05, 3.63) is 0 Å². The second kappa shape index (κ2) is 8.09. The number of aliphatic hydroxyl groups is 1. The van der Waals surface area contributed by atoms with Gasteiger partial charge in [0.15, 0.2) is 0 Å². The summed E-state index contributed by atoms with van der Waals surface area (Å²) in [5.74, 6) is 0.112. The number of nitrogens with one attached hydrogen (secondary N) is 1. The van der Waals surface area contributed by atoms with Crippen LogP contribution in [0.25, 0.3) is 0 Å². The molecule has 1 aliphatic rings. The molecule has 0 aromatic rings. The van der Waals surface area contributed by atoms with E-state index >= 15 is 0 Å². The van der Waals surface area contributed by atoms with Crippen molar-refractivity contribution in [2.24, 2.45) is 0 Å². The van der Waals surface area contributed by atoms with Crippen LogP contribution in [0.2, 0.25) is 0 Å². The molecule has 0 radical (unpaired) electrons. The Kier molecular flexibility index (Phi) is 7.14. The van der Waals surface area contributed by atoms with Crippen LogP contribution in [0.3, 0.4) is 0 Å². The first-order chi connectivity index (χ1) is 8.55. The molecule has 1 saturated carbocycles. The molecule has 5 nitrogen and oxygen atoms in total. The maximum absolute atomic E-state index is 11.6. The van der Waals surface area contributed by atoms with Crippen LogP contribution in [0.5, 0.6) is 0 Å². The van der Waals surface area contributed by atoms with Crippen LogP contribution in [0.1, 0.15) is 38.5 Å². The van der Waals surface area contributed by atoms with Crippen LogP contribution in [0.4, 0.5) is 0 Å². The molecule has 0 aliphatic heterocycles. The van der Waals surface area contributed by atoms with Crippen LogP contribution in [0, 0.1) is 0 Å². The summed E-state index contributed by atoms with van der Waals surface area (Å²) in [4.78, 5) is 2.25. The summed E-state index contributed by atoms with van der Waals surface area (Å²) in [6, 6.07) is 0.629. The minimum Gasteiger partial charge on any atom is -0.396 e. The molecule has 0 unspecified atom stereocenters. The molecule has 0 atom stereocenters. The molecule has 2 N–H and O–H groups in total. The van der Waals surface area contributed by atoms with Crippen LogP contribution in [-0.4, -0.2) is 57.0 Å². The Morgan fingerprint density at radius 1 is 1.28 bits per heavy atom. The molecule has 0 bridgehead atoms. The van der Waals surface area contributed by atoms with Crippen molar-refractivity contribution in [1.29, 1.82) is 0 Å². The Bertz CT molecular complexity index is 313. The van der Waals surface area contributed by atoms with Crippen molar-refractivity contribution in [3.63, 3.8) is 0 Å². The lowest BCUT2D eigenvalue weighted by atomic mass is 10.2. The highest BCUT2D eigenvalue weighted by Gasteiger charge is 2.19. The first kappa shape index (κ1) is 15.9. The van der Waals surface area contributed by atoms with Gasteiger partial charge in [0.05, 0.1) is 5.75 Å². The number of unbranched alkanes of at least 4 members (excludes halogenated alkanes) is 1. The summed E-state index contributed by atoms with van der Waals surface area (Å²) >= 11 is 0. The second-order valence-corrected chi connectivity index (χ2v) is 6.99. The lowest BCUT2D eigenvalue weighted by molar-refractivity contribution is 0.250. The fourth-order valence-corrected chi connectivity index (χ4v) is 3.51. The zero-order valence-electron chi connectivity index (χ0n) is 11.3. The monoisotopic (exact) mass is 278 g/mol. The Morgan fingerprint density at radius 2 is 1.94 bits per heavy atom. The normalized spacial score (nSPS) is 17.7. The smallest absolute Gasteiger partial charge is 0.211 e. The maximum Gasteiger partial charge on any atom is 0.211 e. The quantitative estimate of drug-likeness (QED) is 0.604. The number of hydrogen-bond donors (Lipinski definition) is 2. The third-order valence-corrected chi connectivity index (χ3v) is 5.03. The third-order valence-electron chi connectivity index (χ3n) is 3.56. The summed E-state index contributed by atoms with van der Waals surface area (Å²) in [5.41, 5.74) is 0. The molecule has 0 saturated heterocycles. The largest absolute Gasteiger partial charge is 0.396 e. The first-order valence-corrected chi connectivity index (χ1v) is 8.49. The molecular formula is C12H26N2O3S. The molecule has 1 rings (SSSR count). The van der Waals surface area contributed by atoms with Gasteiger partial charge in [-0.15, -0.1) is 0 Å². The zero-order chi connectivity index (χ0) is 13.4. The second-order valence-electron chi connectivity index (χ2n) is 5.06. The minimum absolute atomic E-state index is 0.0555. The molecule has 108 valence electrons. The van der Waals surface area contributed by atoms with Gasteiger partial charge in [0, 0.05) is 25.7 Å². The molecule has 0 amide bonds. The van der Waals surface area contributed by atoms with Gasteiger partial charge in [0.2, 0.25) is 10.0 Å². The van der Waals surface area contributed by atoms with Gasteiger partial charge in [-0.1, -0.05) is 12.8 Å². The maximum atomic E-state index is 11.6. The molecule has 0 heterocycles. The Hall–Kier alpha value is -0.170. The predicted octanol–water partition coefficient (Wildman–Crippen LogP) is 0.553. The number of likely N-dealkylation sites (N-methyl/N-ethyl adjacent to an activating group) is 1. The molecule has 0 aromatic heterocycles. The fraction of sp³-hybridized carbons (Fsp3) is 1.00. The third kappa shape index (κ3) is 6.13. The van der Waals surface area contributed by atoms with Crippen LogP contribution in [0.15, 0.2) is 0 Å². The summed E-state index contributed by atoms with van der Waals surface area (Å²) in [7, 11) is -1.10. The van der Waals surface area contributed by atoms with E-state index in [1.165, 1.54) is 25.7 Å². The number of hydrogen-bond acceptors (Lipinski definition) is 4. The lowest BCUT2D eigenvalue weighted by Crippen LogP contribution is -2.38. The van der Waals surface area contributed by atoms with Gasteiger partial charge in [-0.3, -0.25) is 0 Å². The summed E-state index contributed by atoms with van der Waals surface area (Å²) in [6.07, 6.45) is 6.12. The topological polar surface area (TPSA) is 69.6 Å². The van der Waals surface area contributed by atoms with Crippen molar-refractivity contribution in [3.8, 4) is 0 Å². The van der Waals surface area contributed by atoms with Crippen molar-refractivity contribution in [2.75, 3.05) is 32.5 Å². The average molecular weight is 278 g/mol. The van der Waals surface area contributed by atoms with Gasteiger partial charge in [-0.05, 0) is 32.7 Å². The number of nitrogens with zero attached hydrogens (tertiary/aromatic N) is 1. The van der Waals surface area contributed by atoms with Crippen LogP contribution >= 0.6 is 0 Å². The highest BCUT2D eigenvalue weighted by molar-refractivity contribution is 7.89. The Morgan fingerprint density at radius 3 is 2.56 bits per heavy atom. The van der Waals surface area contributed by atoms with E-state index in [0.717, 1.165) is 6.54 Å². The van der Waals surface area contributed by atoms with E-state index in [1.807, 2.05) is 0 Å². The fourth-order valence-electron chi connectivity index (χ4n) is 2.38. The standard InChI is InChI=1S/C12H26N2O3S/c1-14(12-6-2-3-7-12)9-8-13-18(16,17)11-5-4-10-15/h12-13,15H,2-11H2,1H3. The molecule has 1 aliphatic carbocycles. The molecule has 1 fully saturated rings. The van der Waals surface area contributed by atoms with E-state index in [2.05, 4.69) is 16.7 Å². The van der Waals surface area contributed by atoms with E-state index in [1.54, 1.807) is 0 Å². The highest BCUT2D eigenvalue weighted by atomic mass is 32.2. The number of rotatable bonds is 9. The molecule has 6 heteroatoms. The number of aliphatic hydroxyl groups excluding tert-OH is 1. The summed E-state index contributed by atoms with van der Waals surface area (Å²) in [6.45, 7) is 1.30. The summed E-state index contributed by atoms with van der Waals surface area (Å²) < 4.78 is 25.8. The lowest BCUT2D eigenvalue weighted by Gasteiger charge is -2.23. The SMILES string of the molecule is CN(CCNS(=O)(=O)CCCCO)C1CCCC1. The van der Waals surface area contributed by atoms with Gasteiger partial charge in [-0.2, -0.15) is 0 Å². The van der Waals surface area contributed by atoms with Crippen LogP contribution in [-0.2, 0) is 10.0 Å². The van der Waals surface area contributed by atoms with Crippen molar-refractivity contribution < 1.29 is 13.5 Å². The van der Waals surface area contributed by atoms with Crippen molar-refractivity contribution >= 4 is 10.0 Å². The molecule has 0 aromatic carbocycles. The number of sulfonamides is 1. The average Bonchev–Trinajstić information content (AvgIpc) is 2.82. The Balaban J connectivity index is 2.15. The van der Waals surface area contributed by atoms with Crippen molar-refractivity contribution in [2.45, 2.75) is 44.6 Å².